The number of phosphoric acid groups is 2. The van der Waals surface area contributed by atoms with Crippen LogP contribution in [0.3, 0.4) is 0 Å². The van der Waals surface area contributed by atoms with Crippen molar-refractivity contribution in [2.24, 2.45) is 0 Å². The number of hydrogen-bond donors (Lipinski definition) is 4. The molecule has 13 nitrogen and oxygen atoms in total. The van der Waals surface area contributed by atoms with Crippen molar-refractivity contribution in [3.05, 3.63) is 36.5 Å². The third kappa shape index (κ3) is 42.3. The Kier molecular flexibility index (Phi) is 37.4. The minimum atomic E-state index is -4.86. The maximum absolute atomic E-state index is 12.6. The number of rotatable bonds is 41. The van der Waals surface area contributed by atoms with Crippen molar-refractivity contribution in [1.82, 2.24) is 0 Å². The number of aliphatic hydroxyl groups is 1. The molecule has 3 atom stereocenters. The van der Waals surface area contributed by atoms with E-state index in [0.29, 0.717) is 12.8 Å². The fourth-order valence-corrected chi connectivity index (χ4v) is 6.82. The number of ether oxygens (including phenoxy) is 2. The van der Waals surface area contributed by atoms with Crippen molar-refractivity contribution in [2.45, 2.75) is 193 Å². The highest BCUT2D eigenvalue weighted by molar-refractivity contribution is 7.47. The summed E-state index contributed by atoms with van der Waals surface area (Å²) in [7, 11) is -9.67. The quantitative estimate of drug-likeness (QED) is 0.0196. The maximum atomic E-state index is 12.6. The number of carbonyl (C=O) groups excluding carboxylic acids is 2. The topological polar surface area (TPSA) is 195 Å². The van der Waals surface area contributed by atoms with Gasteiger partial charge >= 0.3 is 27.6 Å². The molecule has 0 bridgehead atoms. The van der Waals surface area contributed by atoms with E-state index in [0.717, 1.165) is 83.5 Å². The van der Waals surface area contributed by atoms with Crippen LogP contribution in [-0.2, 0) is 41.8 Å². The van der Waals surface area contributed by atoms with Crippen LogP contribution in [-0.4, -0.2) is 70.4 Å². The predicted octanol–water partition coefficient (Wildman–Crippen LogP) is 10.9. The molecule has 15 heteroatoms. The number of unbranched alkanes of at least 4 members (excludes halogenated alkanes) is 19. The van der Waals surface area contributed by atoms with Gasteiger partial charge in [0.2, 0.25) is 0 Å². The van der Waals surface area contributed by atoms with E-state index in [4.69, 9.17) is 23.8 Å². The first-order valence-corrected chi connectivity index (χ1v) is 24.7. The molecule has 57 heavy (non-hydrogen) atoms. The summed E-state index contributed by atoms with van der Waals surface area (Å²) in [5.41, 5.74) is 0. The molecular weight excluding hydrogens is 774 g/mol. The fraction of sp³-hybridized carbons (Fsp3) is 0.810. The third-order valence-electron chi connectivity index (χ3n) is 8.99. The highest BCUT2D eigenvalue weighted by Gasteiger charge is 2.28. The summed E-state index contributed by atoms with van der Waals surface area (Å²) in [6.07, 6.45) is 37.0. The molecule has 0 amide bonds. The van der Waals surface area contributed by atoms with Gasteiger partial charge in [0.1, 0.15) is 12.7 Å². The van der Waals surface area contributed by atoms with Gasteiger partial charge in [-0.25, -0.2) is 9.13 Å². The molecule has 334 valence electrons. The van der Waals surface area contributed by atoms with Gasteiger partial charge in [-0.05, 0) is 70.6 Å². The van der Waals surface area contributed by atoms with E-state index in [1.54, 1.807) is 0 Å². The van der Waals surface area contributed by atoms with Crippen LogP contribution in [0, 0.1) is 0 Å². The second-order valence-electron chi connectivity index (χ2n) is 14.6. The van der Waals surface area contributed by atoms with Gasteiger partial charge in [0.25, 0.3) is 0 Å². The smallest absolute Gasteiger partial charge is 0.462 e. The first kappa shape index (κ1) is 55.3. The lowest BCUT2D eigenvalue weighted by atomic mass is 10.1. The highest BCUT2D eigenvalue weighted by Crippen LogP contribution is 2.43. The zero-order valence-electron chi connectivity index (χ0n) is 35.2. The lowest BCUT2D eigenvalue weighted by molar-refractivity contribution is -0.161. The van der Waals surface area contributed by atoms with E-state index < -0.39 is 66.2 Å². The van der Waals surface area contributed by atoms with Gasteiger partial charge in [-0.2, -0.15) is 0 Å². The summed E-state index contributed by atoms with van der Waals surface area (Å²) in [6, 6.07) is 0. The molecule has 0 spiro atoms. The van der Waals surface area contributed by atoms with Crippen LogP contribution in [0.4, 0.5) is 0 Å². The van der Waals surface area contributed by atoms with Gasteiger partial charge in [-0.3, -0.25) is 23.2 Å². The standard InChI is InChI=1S/C42H78O13P2/c1-3-5-7-9-11-13-15-17-19-21-23-25-27-29-31-33-41(44)51-37-40(38-54-57(49,50)53-36-39(43)35-52-56(46,47)48)55-42(45)34-32-30-28-26-24-22-20-18-16-14-12-10-8-6-4-2/h11,13,17-20,39-40,43H,3-10,12,14-16,21-38H2,1-2H3,(H,49,50)(H2,46,47,48). The first-order valence-electron chi connectivity index (χ1n) is 21.7. The molecule has 0 saturated carbocycles. The van der Waals surface area contributed by atoms with E-state index in [2.05, 4.69) is 59.4 Å². The molecular formula is C42H78O13P2. The summed E-state index contributed by atoms with van der Waals surface area (Å²) in [5.74, 6) is -1.06. The van der Waals surface area contributed by atoms with Crippen molar-refractivity contribution in [3.8, 4) is 0 Å². The van der Waals surface area contributed by atoms with Gasteiger partial charge in [-0.15, -0.1) is 0 Å². The van der Waals surface area contributed by atoms with Crippen LogP contribution in [0.25, 0.3) is 0 Å². The molecule has 4 N–H and O–H groups in total. The maximum Gasteiger partial charge on any atom is 0.472 e. The Morgan fingerprint density at radius 3 is 1.44 bits per heavy atom. The van der Waals surface area contributed by atoms with Crippen molar-refractivity contribution in [2.75, 3.05) is 26.4 Å². The molecule has 0 aromatic heterocycles. The molecule has 0 aliphatic rings. The van der Waals surface area contributed by atoms with E-state index in [9.17, 15) is 28.7 Å². The number of allylic oxidation sites excluding steroid dienone is 6. The van der Waals surface area contributed by atoms with E-state index in [1.165, 1.54) is 57.8 Å². The average molecular weight is 853 g/mol. The Morgan fingerprint density at radius 1 is 0.509 bits per heavy atom. The van der Waals surface area contributed by atoms with Crippen LogP contribution in [0.5, 0.6) is 0 Å². The molecule has 0 aromatic carbocycles. The molecule has 0 radical (unpaired) electrons. The fourth-order valence-electron chi connectivity index (χ4n) is 5.67. The summed E-state index contributed by atoms with van der Waals surface area (Å²) >= 11 is 0. The summed E-state index contributed by atoms with van der Waals surface area (Å²) in [5, 5.41) is 9.74. The lowest BCUT2D eigenvalue weighted by Gasteiger charge is -2.20. The Bertz CT molecular complexity index is 1150. The zero-order valence-corrected chi connectivity index (χ0v) is 37.0. The average Bonchev–Trinajstić information content (AvgIpc) is 3.17. The number of esters is 2. The normalized spacial score (nSPS) is 14.4. The number of hydrogen-bond acceptors (Lipinski definition) is 10. The monoisotopic (exact) mass is 852 g/mol. The van der Waals surface area contributed by atoms with Crippen LogP contribution in [0.15, 0.2) is 36.5 Å². The van der Waals surface area contributed by atoms with Crippen molar-refractivity contribution < 1.29 is 61.6 Å². The predicted molar refractivity (Wildman–Crippen MR) is 225 cm³/mol. The Labute approximate surface area is 344 Å². The van der Waals surface area contributed by atoms with Crippen LogP contribution in [0.1, 0.15) is 181 Å². The molecule has 0 aliphatic heterocycles. The van der Waals surface area contributed by atoms with E-state index in [1.807, 2.05) is 0 Å². The summed E-state index contributed by atoms with van der Waals surface area (Å²) in [6.45, 7) is 1.71. The third-order valence-corrected chi connectivity index (χ3v) is 10.4. The second kappa shape index (κ2) is 38.5. The molecule has 0 aliphatic carbocycles. The van der Waals surface area contributed by atoms with Crippen molar-refractivity contribution >= 4 is 27.6 Å². The van der Waals surface area contributed by atoms with Gasteiger partial charge in [0.15, 0.2) is 6.10 Å². The second-order valence-corrected chi connectivity index (χ2v) is 17.3. The lowest BCUT2D eigenvalue weighted by Crippen LogP contribution is -2.30. The number of aliphatic hydroxyl groups excluding tert-OH is 1. The zero-order chi connectivity index (χ0) is 42.3. The van der Waals surface area contributed by atoms with Gasteiger partial charge in [0.05, 0.1) is 19.8 Å². The Balaban J connectivity index is 4.56. The molecule has 3 unspecified atom stereocenters. The van der Waals surface area contributed by atoms with Crippen LogP contribution >= 0.6 is 15.6 Å². The van der Waals surface area contributed by atoms with Crippen molar-refractivity contribution in [1.29, 1.82) is 0 Å². The number of phosphoric ester groups is 2. The van der Waals surface area contributed by atoms with Gasteiger partial charge in [0, 0.05) is 12.8 Å². The van der Waals surface area contributed by atoms with Crippen molar-refractivity contribution in [3.63, 3.8) is 0 Å². The highest BCUT2D eigenvalue weighted by atomic mass is 31.2. The SMILES string of the molecule is CCCCCC=CCC=CCCCCCCCC(=O)OCC(COP(=O)(O)OCC(O)COP(=O)(O)O)OC(=O)CCCCCCCC=CCCCCCCCC. The summed E-state index contributed by atoms with van der Waals surface area (Å²) < 4.78 is 47.7. The Hall–Kier alpha value is -1.66. The molecule has 0 rings (SSSR count). The van der Waals surface area contributed by atoms with E-state index >= 15 is 0 Å². The molecule has 0 heterocycles. The van der Waals surface area contributed by atoms with Gasteiger partial charge in [-0.1, -0.05) is 134 Å². The Morgan fingerprint density at radius 2 is 0.912 bits per heavy atom. The molecule has 0 fully saturated rings. The number of carbonyl (C=O) groups is 2. The molecule has 0 aromatic rings. The minimum Gasteiger partial charge on any atom is -0.462 e. The van der Waals surface area contributed by atoms with Crippen LogP contribution in [0.2, 0.25) is 0 Å². The first-order chi connectivity index (χ1) is 27.4. The molecule has 0 saturated heterocycles. The van der Waals surface area contributed by atoms with Crippen LogP contribution < -0.4 is 0 Å². The van der Waals surface area contributed by atoms with E-state index in [-0.39, 0.29) is 12.8 Å². The summed E-state index contributed by atoms with van der Waals surface area (Å²) in [4.78, 5) is 52.6. The minimum absolute atomic E-state index is 0.119. The largest absolute Gasteiger partial charge is 0.472 e. The van der Waals surface area contributed by atoms with Gasteiger partial charge < -0.3 is 29.3 Å².